The van der Waals surface area contributed by atoms with E-state index in [2.05, 4.69) is 42.9 Å². The Morgan fingerprint density at radius 2 is 2.39 bits per heavy atom. The summed E-state index contributed by atoms with van der Waals surface area (Å²) in [6.45, 7) is 6.74. The van der Waals surface area contributed by atoms with Gasteiger partial charge < -0.3 is 5.32 Å². The number of thioether (sulfide) groups is 1. The van der Waals surface area contributed by atoms with Crippen molar-refractivity contribution in [3.05, 3.63) is 22.4 Å². The van der Waals surface area contributed by atoms with E-state index in [1.54, 1.807) is 11.3 Å². The molecule has 0 aromatic carbocycles. The maximum Gasteiger partial charge on any atom is 0.157 e. The van der Waals surface area contributed by atoms with Crippen LogP contribution in [0, 0.1) is 0 Å². The standard InChI is InChI=1S/C14H22N2S2/c1-4-14(3)6-8-18-13(16-14)15-11(2)9-12-5-7-17-10-12/h5,7,10-11H,4,6,8-9H2,1-3H3,(H,15,16). The minimum atomic E-state index is 0.242. The fraction of sp³-hybridized carbons (Fsp3) is 0.643. The Morgan fingerprint density at radius 3 is 3.06 bits per heavy atom. The molecule has 1 aromatic heterocycles. The average molecular weight is 282 g/mol. The smallest absolute Gasteiger partial charge is 0.157 e. The predicted octanol–water partition coefficient (Wildman–Crippen LogP) is 3.93. The third-order valence-electron chi connectivity index (χ3n) is 3.53. The van der Waals surface area contributed by atoms with Crippen molar-refractivity contribution in [2.75, 3.05) is 5.75 Å². The molecule has 2 rings (SSSR count). The first kappa shape index (κ1) is 13.9. The van der Waals surface area contributed by atoms with Gasteiger partial charge in [-0.3, -0.25) is 4.99 Å². The number of nitrogens with zero attached hydrogens (tertiary/aromatic N) is 1. The van der Waals surface area contributed by atoms with Gasteiger partial charge in [0.1, 0.15) is 0 Å². The summed E-state index contributed by atoms with van der Waals surface area (Å²) in [5.74, 6) is 1.18. The number of nitrogens with one attached hydrogen (secondary N) is 1. The summed E-state index contributed by atoms with van der Waals surface area (Å²) in [5.41, 5.74) is 1.64. The van der Waals surface area contributed by atoms with Crippen molar-refractivity contribution in [2.45, 2.75) is 51.6 Å². The van der Waals surface area contributed by atoms with Crippen molar-refractivity contribution in [3.63, 3.8) is 0 Å². The van der Waals surface area contributed by atoms with Gasteiger partial charge in [-0.25, -0.2) is 0 Å². The van der Waals surface area contributed by atoms with Crippen molar-refractivity contribution >= 4 is 28.3 Å². The minimum Gasteiger partial charge on any atom is -0.360 e. The van der Waals surface area contributed by atoms with Crippen LogP contribution in [-0.4, -0.2) is 22.5 Å². The first-order valence-electron chi connectivity index (χ1n) is 6.61. The predicted molar refractivity (Wildman–Crippen MR) is 83.8 cm³/mol. The van der Waals surface area contributed by atoms with Crippen LogP contribution in [0.4, 0.5) is 0 Å². The molecule has 2 nitrogen and oxygen atoms in total. The van der Waals surface area contributed by atoms with Crippen LogP contribution in [0.1, 0.15) is 39.2 Å². The normalized spacial score (nSPS) is 28.1. The van der Waals surface area contributed by atoms with Crippen molar-refractivity contribution in [1.82, 2.24) is 5.32 Å². The maximum absolute atomic E-state index is 4.83. The second-order valence-corrected chi connectivity index (χ2v) is 7.12. The molecule has 0 aliphatic carbocycles. The van der Waals surface area contributed by atoms with Crippen LogP contribution in [0.15, 0.2) is 21.8 Å². The molecular formula is C14H22N2S2. The van der Waals surface area contributed by atoms with Gasteiger partial charge in [-0.2, -0.15) is 11.3 Å². The Balaban J connectivity index is 1.95. The van der Waals surface area contributed by atoms with Gasteiger partial charge in [0.15, 0.2) is 5.17 Å². The van der Waals surface area contributed by atoms with Gasteiger partial charge in [-0.05, 0) is 55.5 Å². The van der Waals surface area contributed by atoms with Crippen LogP contribution in [0.25, 0.3) is 0 Å². The molecule has 2 heterocycles. The lowest BCUT2D eigenvalue weighted by Crippen LogP contribution is -2.48. The molecule has 0 amide bonds. The van der Waals surface area contributed by atoms with E-state index in [0.29, 0.717) is 6.04 Å². The third kappa shape index (κ3) is 3.75. The Labute approximate surface area is 118 Å². The molecule has 1 saturated heterocycles. The molecule has 0 saturated carbocycles. The molecule has 1 aliphatic rings. The summed E-state index contributed by atoms with van der Waals surface area (Å²) in [6, 6.07) is 2.55. The zero-order chi connectivity index (χ0) is 13.0. The third-order valence-corrected chi connectivity index (χ3v) is 5.15. The highest BCUT2D eigenvalue weighted by atomic mass is 32.2. The van der Waals surface area contributed by atoms with Crippen molar-refractivity contribution in [3.8, 4) is 0 Å². The molecule has 18 heavy (non-hydrogen) atoms. The zero-order valence-electron chi connectivity index (χ0n) is 11.4. The topological polar surface area (TPSA) is 24.4 Å². The van der Waals surface area contributed by atoms with E-state index in [9.17, 15) is 0 Å². The largest absolute Gasteiger partial charge is 0.360 e. The SMILES string of the molecule is CCC1(C)CCSC(=NC(C)Cc2ccsc2)N1. The molecule has 1 aliphatic heterocycles. The van der Waals surface area contributed by atoms with Crippen LogP contribution < -0.4 is 5.32 Å². The summed E-state index contributed by atoms with van der Waals surface area (Å²) < 4.78 is 0. The molecule has 100 valence electrons. The molecule has 2 unspecified atom stereocenters. The van der Waals surface area contributed by atoms with Crippen LogP contribution in [-0.2, 0) is 6.42 Å². The number of hydrogen-bond acceptors (Lipinski definition) is 3. The molecular weight excluding hydrogens is 260 g/mol. The molecule has 0 bridgehead atoms. The lowest BCUT2D eigenvalue weighted by atomic mass is 9.96. The van der Waals surface area contributed by atoms with Crippen LogP contribution in [0.2, 0.25) is 0 Å². The molecule has 2 atom stereocenters. The van der Waals surface area contributed by atoms with E-state index in [-0.39, 0.29) is 5.54 Å². The number of rotatable bonds is 4. The highest BCUT2D eigenvalue weighted by molar-refractivity contribution is 8.13. The number of thiophene rings is 1. The van der Waals surface area contributed by atoms with E-state index in [1.807, 2.05) is 11.8 Å². The van der Waals surface area contributed by atoms with Gasteiger partial charge in [0.2, 0.25) is 0 Å². The number of amidine groups is 1. The van der Waals surface area contributed by atoms with Gasteiger partial charge in [-0.1, -0.05) is 18.7 Å². The average Bonchev–Trinajstić information content (AvgIpc) is 2.81. The zero-order valence-corrected chi connectivity index (χ0v) is 13.0. The summed E-state index contributed by atoms with van der Waals surface area (Å²) in [6.07, 6.45) is 3.43. The fourth-order valence-corrected chi connectivity index (χ4v) is 4.06. The van der Waals surface area contributed by atoms with E-state index in [1.165, 1.54) is 17.7 Å². The molecule has 4 heteroatoms. The monoisotopic (exact) mass is 282 g/mol. The summed E-state index contributed by atoms with van der Waals surface area (Å²) >= 11 is 3.63. The lowest BCUT2D eigenvalue weighted by Gasteiger charge is -2.35. The van der Waals surface area contributed by atoms with Crippen molar-refractivity contribution < 1.29 is 0 Å². The van der Waals surface area contributed by atoms with Crippen molar-refractivity contribution in [2.24, 2.45) is 4.99 Å². The van der Waals surface area contributed by atoms with Gasteiger partial charge in [-0.15, -0.1) is 0 Å². The Bertz CT molecular complexity index is 400. The highest BCUT2D eigenvalue weighted by Crippen LogP contribution is 2.25. The van der Waals surface area contributed by atoms with Crippen LogP contribution >= 0.6 is 23.1 Å². The first-order valence-corrected chi connectivity index (χ1v) is 8.54. The molecule has 1 N–H and O–H groups in total. The van der Waals surface area contributed by atoms with Crippen LogP contribution in [0.5, 0.6) is 0 Å². The Kier molecular flexibility index (Phi) is 4.73. The van der Waals surface area contributed by atoms with E-state index in [4.69, 9.17) is 4.99 Å². The summed E-state index contributed by atoms with van der Waals surface area (Å²) in [7, 11) is 0. The summed E-state index contributed by atoms with van der Waals surface area (Å²) in [4.78, 5) is 4.83. The van der Waals surface area contributed by atoms with E-state index >= 15 is 0 Å². The van der Waals surface area contributed by atoms with Gasteiger partial charge in [0.05, 0.1) is 6.04 Å². The number of aliphatic imine (C=N–C) groups is 1. The van der Waals surface area contributed by atoms with Gasteiger partial charge >= 0.3 is 0 Å². The first-order chi connectivity index (χ1) is 8.61. The quantitative estimate of drug-likeness (QED) is 0.905. The van der Waals surface area contributed by atoms with Gasteiger partial charge in [0, 0.05) is 11.3 Å². The molecule has 1 aromatic rings. The highest BCUT2D eigenvalue weighted by Gasteiger charge is 2.27. The maximum atomic E-state index is 4.83. The number of hydrogen-bond donors (Lipinski definition) is 1. The van der Waals surface area contributed by atoms with Crippen molar-refractivity contribution in [1.29, 1.82) is 0 Å². The lowest BCUT2D eigenvalue weighted by molar-refractivity contribution is 0.389. The van der Waals surface area contributed by atoms with Crippen LogP contribution in [0.3, 0.4) is 0 Å². The second-order valence-electron chi connectivity index (χ2n) is 5.26. The fourth-order valence-electron chi connectivity index (χ4n) is 2.06. The Morgan fingerprint density at radius 1 is 1.56 bits per heavy atom. The summed E-state index contributed by atoms with van der Waals surface area (Å²) in [5, 5.41) is 9.09. The Hall–Kier alpha value is -0.480. The molecule has 0 radical (unpaired) electrons. The van der Waals surface area contributed by atoms with E-state index < -0.39 is 0 Å². The van der Waals surface area contributed by atoms with Gasteiger partial charge in [0.25, 0.3) is 0 Å². The minimum absolute atomic E-state index is 0.242. The molecule has 1 fully saturated rings. The molecule has 0 spiro atoms. The second kappa shape index (κ2) is 6.11. The van der Waals surface area contributed by atoms with E-state index in [0.717, 1.165) is 18.0 Å².